The first-order valence-corrected chi connectivity index (χ1v) is 10.3. The molecule has 1 atom stereocenters. The third kappa shape index (κ3) is 3.39. The third-order valence-corrected chi connectivity index (χ3v) is 6.41. The fourth-order valence-corrected chi connectivity index (χ4v) is 5.02. The zero-order valence-electron chi connectivity index (χ0n) is 16.7. The second kappa shape index (κ2) is 8.11. The average Bonchev–Trinajstić information content (AvgIpc) is 3.07. The maximum Gasteiger partial charge on any atom is 0.334 e. The number of hydrogen-bond acceptors (Lipinski definition) is 5. The smallest absolute Gasteiger partial charge is 0.334 e. The highest BCUT2D eigenvalue weighted by atomic mass is 79.9. The SMILES string of the molecule is COc1cc(Br)c([C@H]2CC3=C(CCc4ccccc42)COC3=O)c(OC)c1OC. The highest BCUT2D eigenvalue weighted by Gasteiger charge is 2.34. The van der Waals surface area contributed by atoms with Gasteiger partial charge in [-0.25, -0.2) is 4.79 Å². The minimum absolute atomic E-state index is 0.0914. The largest absolute Gasteiger partial charge is 0.493 e. The van der Waals surface area contributed by atoms with E-state index in [9.17, 15) is 4.79 Å². The van der Waals surface area contributed by atoms with Crippen LogP contribution in [0.15, 0.2) is 46.0 Å². The van der Waals surface area contributed by atoms with E-state index in [0.29, 0.717) is 30.3 Å². The monoisotopic (exact) mass is 458 g/mol. The third-order valence-electron chi connectivity index (χ3n) is 5.75. The van der Waals surface area contributed by atoms with Gasteiger partial charge in [0, 0.05) is 21.5 Å². The molecule has 2 aliphatic rings. The van der Waals surface area contributed by atoms with Crippen molar-refractivity contribution in [1.29, 1.82) is 0 Å². The van der Waals surface area contributed by atoms with Gasteiger partial charge in [-0.1, -0.05) is 40.2 Å². The lowest BCUT2D eigenvalue weighted by Crippen LogP contribution is -2.14. The molecule has 2 aromatic rings. The molecule has 1 aliphatic heterocycles. The Morgan fingerprint density at radius 1 is 1.03 bits per heavy atom. The first-order chi connectivity index (χ1) is 14.1. The lowest BCUT2D eigenvalue weighted by molar-refractivity contribution is -0.136. The van der Waals surface area contributed by atoms with E-state index in [4.69, 9.17) is 18.9 Å². The van der Waals surface area contributed by atoms with Crippen molar-refractivity contribution < 1.29 is 23.7 Å². The lowest BCUT2D eigenvalue weighted by Gasteiger charge is -2.27. The zero-order valence-corrected chi connectivity index (χ0v) is 18.3. The van der Waals surface area contributed by atoms with E-state index >= 15 is 0 Å². The molecule has 1 aliphatic carbocycles. The van der Waals surface area contributed by atoms with Crippen molar-refractivity contribution in [3.8, 4) is 17.2 Å². The van der Waals surface area contributed by atoms with Crippen molar-refractivity contribution in [3.05, 3.63) is 62.6 Å². The average molecular weight is 459 g/mol. The number of aryl methyl sites for hydroxylation is 1. The van der Waals surface area contributed by atoms with E-state index in [2.05, 4.69) is 34.1 Å². The summed E-state index contributed by atoms with van der Waals surface area (Å²) >= 11 is 3.72. The Bertz CT molecular complexity index is 995. The van der Waals surface area contributed by atoms with Gasteiger partial charge in [-0.15, -0.1) is 0 Å². The first-order valence-electron chi connectivity index (χ1n) is 9.53. The number of hydrogen-bond donors (Lipinski definition) is 0. The van der Waals surface area contributed by atoms with Gasteiger partial charge in [0.2, 0.25) is 5.75 Å². The Kier molecular flexibility index (Phi) is 5.54. The molecule has 0 saturated carbocycles. The number of carbonyl (C=O) groups is 1. The Morgan fingerprint density at radius 2 is 1.79 bits per heavy atom. The van der Waals surface area contributed by atoms with Gasteiger partial charge in [0.1, 0.15) is 6.61 Å². The second-order valence-corrected chi connectivity index (χ2v) is 8.01. The predicted molar refractivity (Wildman–Crippen MR) is 113 cm³/mol. The predicted octanol–water partition coefficient (Wildman–Crippen LogP) is 4.80. The number of halogens is 1. The highest BCUT2D eigenvalue weighted by molar-refractivity contribution is 9.10. The summed E-state index contributed by atoms with van der Waals surface area (Å²) in [4.78, 5) is 12.5. The molecule has 0 saturated heterocycles. The number of ether oxygens (including phenoxy) is 4. The molecule has 0 spiro atoms. The van der Waals surface area contributed by atoms with Gasteiger partial charge in [0.15, 0.2) is 11.5 Å². The number of rotatable bonds is 4. The number of fused-ring (bicyclic) bond motifs is 1. The molecule has 0 bridgehead atoms. The fraction of sp³-hybridized carbons (Fsp3) is 0.348. The van der Waals surface area contributed by atoms with E-state index in [1.165, 1.54) is 11.1 Å². The van der Waals surface area contributed by atoms with Gasteiger partial charge in [-0.2, -0.15) is 0 Å². The zero-order chi connectivity index (χ0) is 20.5. The van der Waals surface area contributed by atoms with E-state index in [0.717, 1.165) is 34.0 Å². The molecule has 0 aromatic heterocycles. The molecule has 1 heterocycles. The van der Waals surface area contributed by atoms with Crippen LogP contribution in [0.4, 0.5) is 0 Å². The normalized spacial score (nSPS) is 18.3. The molecule has 0 unspecified atom stereocenters. The summed E-state index contributed by atoms with van der Waals surface area (Å²) in [5.41, 5.74) is 5.28. The minimum Gasteiger partial charge on any atom is -0.493 e. The van der Waals surface area contributed by atoms with Crippen LogP contribution < -0.4 is 14.2 Å². The van der Waals surface area contributed by atoms with Gasteiger partial charge in [0.05, 0.1) is 21.3 Å². The molecule has 0 radical (unpaired) electrons. The van der Waals surface area contributed by atoms with E-state index in [1.807, 2.05) is 12.1 Å². The van der Waals surface area contributed by atoms with Crippen LogP contribution in [0.3, 0.4) is 0 Å². The summed E-state index contributed by atoms with van der Waals surface area (Å²) in [6.07, 6.45) is 2.26. The molecule has 4 rings (SSSR count). The molecule has 2 aromatic carbocycles. The van der Waals surface area contributed by atoms with E-state index < -0.39 is 0 Å². The Balaban J connectivity index is 1.96. The van der Waals surface area contributed by atoms with Crippen LogP contribution in [0.25, 0.3) is 0 Å². The number of esters is 1. The maximum absolute atomic E-state index is 12.5. The topological polar surface area (TPSA) is 54.0 Å². The van der Waals surface area contributed by atoms with Crippen LogP contribution in [0.2, 0.25) is 0 Å². The van der Waals surface area contributed by atoms with Crippen molar-refractivity contribution in [1.82, 2.24) is 0 Å². The van der Waals surface area contributed by atoms with Crippen LogP contribution in [-0.2, 0) is 16.0 Å². The molecule has 5 nitrogen and oxygen atoms in total. The quantitative estimate of drug-likeness (QED) is 0.616. The Hall–Kier alpha value is -2.47. The summed E-state index contributed by atoms with van der Waals surface area (Å²) in [6.45, 7) is 0.396. The van der Waals surface area contributed by atoms with Crippen molar-refractivity contribution >= 4 is 21.9 Å². The minimum atomic E-state index is -0.208. The first kappa shape index (κ1) is 19.8. The van der Waals surface area contributed by atoms with E-state index in [1.54, 1.807) is 21.3 Å². The van der Waals surface area contributed by atoms with Crippen molar-refractivity contribution in [2.45, 2.75) is 25.2 Å². The summed E-state index contributed by atoms with van der Waals surface area (Å²) in [7, 11) is 4.82. The number of cyclic esters (lactones) is 1. The molecule has 6 heteroatoms. The Morgan fingerprint density at radius 3 is 2.52 bits per heavy atom. The molecule has 0 N–H and O–H groups in total. The Labute approximate surface area is 178 Å². The summed E-state index contributed by atoms with van der Waals surface area (Å²) in [6, 6.07) is 10.3. The fourth-order valence-electron chi connectivity index (χ4n) is 4.35. The van der Waals surface area contributed by atoms with Crippen molar-refractivity contribution in [2.24, 2.45) is 0 Å². The number of carbonyl (C=O) groups excluding carboxylic acids is 1. The van der Waals surface area contributed by atoms with Crippen molar-refractivity contribution in [3.63, 3.8) is 0 Å². The molecule has 152 valence electrons. The molecule has 0 amide bonds. The van der Waals surface area contributed by atoms with Crippen LogP contribution >= 0.6 is 15.9 Å². The summed E-state index contributed by atoms with van der Waals surface area (Å²) < 4.78 is 23.1. The molecular weight excluding hydrogens is 436 g/mol. The second-order valence-electron chi connectivity index (χ2n) is 7.15. The summed E-state index contributed by atoms with van der Waals surface area (Å²) in [5, 5.41) is 0. The van der Waals surface area contributed by atoms with Gasteiger partial charge < -0.3 is 18.9 Å². The van der Waals surface area contributed by atoms with Gasteiger partial charge in [-0.3, -0.25) is 0 Å². The van der Waals surface area contributed by atoms with Crippen LogP contribution in [-0.4, -0.2) is 33.9 Å². The maximum atomic E-state index is 12.5. The van der Waals surface area contributed by atoms with Crippen LogP contribution in [0.1, 0.15) is 35.4 Å². The molecule has 0 fully saturated rings. The number of methoxy groups -OCH3 is 3. The summed E-state index contributed by atoms with van der Waals surface area (Å²) in [5.74, 6) is 1.43. The van der Waals surface area contributed by atoms with Crippen LogP contribution in [0, 0.1) is 0 Å². The van der Waals surface area contributed by atoms with E-state index in [-0.39, 0.29) is 11.9 Å². The number of benzene rings is 2. The standard InChI is InChI=1S/C23H23BrO5/c1-26-19-11-18(24)20(22(28-3)21(19)27-2)17-10-16-14(12-29-23(16)25)9-8-13-6-4-5-7-15(13)17/h4-7,11,17H,8-10,12H2,1-3H3/t17-/m0/s1. The highest BCUT2D eigenvalue weighted by Crippen LogP contribution is 2.51. The lowest BCUT2D eigenvalue weighted by atomic mass is 9.79. The molecular formula is C23H23BrO5. The van der Waals surface area contributed by atoms with Gasteiger partial charge in [0.25, 0.3) is 0 Å². The van der Waals surface area contributed by atoms with Gasteiger partial charge >= 0.3 is 5.97 Å². The van der Waals surface area contributed by atoms with Crippen LogP contribution in [0.5, 0.6) is 17.2 Å². The van der Waals surface area contributed by atoms with Gasteiger partial charge in [-0.05, 0) is 42.0 Å². The molecule has 29 heavy (non-hydrogen) atoms. The van der Waals surface area contributed by atoms with Crippen molar-refractivity contribution in [2.75, 3.05) is 27.9 Å².